The third-order valence-corrected chi connectivity index (χ3v) is 4.52. The van der Waals surface area contributed by atoms with E-state index in [2.05, 4.69) is 20.8 Å². The number of hydrogen-bond acceptors (Lipinski definition) is 6. The number of aryl methyl sites for hydroxylation is 1. The van der Waals surface area contributed by atoms with E-state index in [0.717, 1.165) is 0 Å². The number of rotatable bonds is 6. The fraction of sp³-hybridized carbons (Fsp3) is 0.368. The fourth-order valence-corrected chi connectivity index (χ4v) is 3.19. The van der Waals surface area contributed by atoms with E-state index in [1.54, 1.807) is 31.9 Å². The van der Waals surface area contributed by atoms with Crippen molar-refractivity contribution in [3.8, 4) is 5.75 Å². The molecule has 9 nitrogen and oxygen atoms in total. The average molecular weight is 385 g/mol. The summed E-state index contributed by atoms with van der Waals surface area (Å²) in [6.07, 6.45) is 0. The molecule has 0 bridgehead atoms. The second-order valence-corrected chi connectivity index (χ2v) is 6.36. The highest BCUT2D eigenvalue weighted by atomic mass is 16.5. The molecule has 2 aromatic rings. The number of carbonyl (C=O) groups excluding carboxylic acids is 2. The summed E-state index contributed by atoms with van der Waals surface area (Å²) in [5.41, 5.74) is 1.63. The maximum absolute atomic E-state index is 13.4. The molecule has 0 saturated heterocycles. The highest BCUT2D eigenvalue weighted by Crippen LogP contribution is 2.33. The fourth-order valence-electron chi connectivity index (χ4n) is 3.19. The number of ether oxygens (including phenoxy) is 1. The molecule has 3 amide bonds. The van der Waals surface area contributed by atoms with E-state index in [4.69, 9.17) is 9.26 Å². The standard InChI is InChI=1S/C19H23N5O4/c1-5-24(10-15-21-12(3)28-23-15)18(25)16-11(2)20-19(26)22-17(16)13-8-6-7-9-14(13)27-4/h6-9,17H,5,10H2,1-4H3,(H2,20,22,26)/t17-/m1/s1. The molecule has 28 heavy (non-hydrogen) atoms. The van der Waals surface area contributed by atoms with Gasteiger partial charge in [0.25, 0.3) is 5.91 Å². The number of urea groups is 1. The van der Waals surface area contributed by atoms with Gasteiger partial charge < -0.3 is 24.8 Å². The van der Waals surface area contributed by atoms with Crippen molar-refractivity contribution < 1.29 is 18.8 Å². The maximum Gasteiger partial charge on any atom is 0.319 e. The Labute approximate surface area is 162 Å². The van der Waals surface area contributed by atoms with E-state index in [0.29, 0.717) is 40.8 Å². The molecule has 1 aromatic carbocycles. The van der Waals surface area contributed by atoms with Crippen LogP contribution < -0.4 is 15.4 Å². The van der Waals surface area contributed by atoms with Gasteiger partial charge in [-0.1, -0.05) is 23.4 Å². The number of carbonyl (C=O) groups is 2. The molecule has 2 N–H and O–H groups in total. The molecule has 0 fully saturated rings. The van der Waals surface area contributed by atoms with Crippen molar-refractivity contribution in [1.82, 2.24) is 25.7 Å². The predicted molar refractivity (Wildman–Crippen MR) is 100 cm³/mol. The molecule has 148 valence electrons. The van der Waals surface area contributed by atoms with Crippen molar-refractivity contribution >= 4 is 11.9 Å². The number of para-hydroxylation sites is 1. The van der Waals surface area contributed by atoms with Gasteiger partial charge in [0, 0.05) is 24.7 Å². The van der Waals surface area contributed by atoms with Crippen LogP contribution in [0.5, 0.6) is 5.75 Å². The molecule has 1 atom stereocenters. The summed E-state index contributed by atoms with van der Waals surface area (Å²) in [6.45, 7) is 5.92. The van der Waals surface area contributed by atoms with Crippen molar-refractivity contribution in [1.29, 1.82) is 0 Å². The van der Waals surface area contributed by atoms with E-state index >= 15 is 0 Å². The smallest absolute Gasteiger partial charge is 0.319 e. The Hall–Kier alpha value is -3.36. The number of hydrogen-bond donors (Lipinski definition) is 2. The zero-order chi connectivity index (χ0) is 20.3. The zero-order valence-corrected chi connectivity index (χ0v) is 16.3. The monoisotopic (exact) mass is 385 g/mol. The summed E-state index contributed by atoms with van der Waals surface area (Å²) < 4.78 is 10.4. The van der Waals surface area contributed by atoms with Gasteiger partial charge in [-0.2, -0.15) is 4.98 Å². The normalized spacial score (nSPS) is 16.4. The summed E-state index contributed by atoms with van der Waals surface area (Å²) in [4.78, 5) is 31.3. The largest absolute Gasteiger partial charge is 0.496 e. The molecule has 0 saturated carbocycles. The van der Waals surface area contributed by atoms with Gasteiger partial charge in [-0.15, -0.1) is 0 Å². The molecular formula is C19H23N5O4. The molecule has 1 aliphatic heterocycles. The summed E-state index contributed by atoms with van der Waals surface area (Å²) in [5.74, 6) is 1.22. The Kier molecular flexibility index (Phi) is 5.62. The summed E-state index contributed by atoms with van der Waals surface area (Å²) in [5, 5.41) is 9.38. The lowest BCUT2D eigenvalue weighted by molar-refractivity contribution is -0.128. The molecular weight excluding hydrogens is 362 g/mol. The highest BCUT2D eigenvalue weighted by Gasteiger charge is 2.35. The lowest BCUT2D eigenvalue weighted by atomic mass is 9.93. The van der Waals surface area contributed by atoms with Gasteiger partial charge in [0.05, 0.1) is 25.3 Å². The van der Waals surface area contributed by atoms with E-state index in [9.17, 15) is 9.59 Å². The van der Waals surface area contributed by atoms with Crippen LogP contribution in [0.15, 0.2) is 40.1 Å². The Bertz CT molecular complexity index is 921. The van der Waals surface area contributed by atoms with E-state index < -0.39 is 6.04 Å². The topological polar surface area (TPSA) is 110 Å². The lowest BCUT2D eigenvalue weighted by Crippen LogP contribution is -2.47. The number of nitrogens with one attached hydrogen (secondary N) is 2. The first-order valence-electron chi connectivity index (χ1n) is 8.94. The van der Waals surface area contributed by atoms with Crippen molar-refractivity contribution in [2.75, 3.05) is 13.7 Å². The Morgan fingerprint density at radius 3 is 2.71 bits per heavy atom. The van der Waals surface area contributed by atoms with Crippen LogP contribution in [0.2, 0.25) is 0 Å². The average Bonchev–Trinajstić information content (AvgIpc) is 3.09. The quantitative estimate of drug-likeness (QED) is 0.788. The first-order chi connectivity index (χ1) is 13.4. The number of allylic oxidation sites excluding steroid dienone is 1. The molecule has 3 rings (SSSR count). The molecule has 0 aliphatic carbocycles. The minimum Gasteiger partial charge on any atom is -0.496 e. The van der Waals surface area contributed by atoms with E-state index in [1.165, 1.54) is 0 Å². The van der Waals surface area contributed by atoms with Crippen LogP contribution in [0.3, 0.4) is 0 Å². The van der Waals surface area contributed by atoms with Crippen molar-refractivity contribution in [2.24, 2.45) is 0 Å². The predicted octanol–water partition coefficient (Wildman–Crippen LogP) is 2.06. The first-order valence-corrected chi connectivity index (χ1v) is 8.94. The minimum absolute atomic E-state index is 0.204. The van der Waals surface area contributed by atoms with Crippen molar-refractivity contribution in [3.63, 3.8) is 0 Å². The second kappa shape index (κ2) is 8.12. The van der Waals surface area contributed by atoms with Gasteiger partial charge in [-0.25, -0.2) is 4.79 Å². The molecule has 1 aliphatic rings. The summed E-state index contributed by atoms with van der Waals surface area (Å²) in [6, 6.07) is 6.28. The van der Waals surface area contributed by atoms with Gasteiger partial charge in [0.1, 0.15) is 5.75 Å². The van der Waals surface area contributed by atoms with Crippen LogP contribution in [0.1, 0.15) is 37.2 Å². The van der Waals surface area contributed by atoms with Gasteiger partial charge in [-0.3, -0.25) is 4.79 Å². The lowest BCUT2D eigenvalue weighted by Gasteiger charge is -2.32. The second-order valence-electron chi connectivity index (χ2n) is 6.36. The third kappa shape index (κ3) is 3.83. The van der Waals surface area contributed by atoms with E-state index in [1.807, 2.05) is 25.1 Å². The van der Waals surface area contributed by atoms with Crippen LogP contribution in [-0.2, 0) is 11.3 Å². The van der Waals surface area contributed by atoms with Crippen molar-refractivity contribution in [2.45, 2.75) is 33.4 Å². The number of amides is 3. The number of nitrogens with zero attached hydrogens (tertiary/aromatic N) is 3. The molecule has 0 spiro atoms. The van der Waals surface area contributed by atoms with Crippen LogP contribution >= 0.6 is 0 Å². The first kappa shape index (κ1) is 19.4. The molecule has 9 heteroatoms. The van der Waals surface area contributed by atoms with E-state index in [-0.39, 0.29) is 18.5 Å². The zero-order valence-electron chi connectivity index (χ0n) is 16.3. The van der Waals surface area contributed by atoms with Crippen LogP contribution in [-0.4, -0.2) is 40.6 Å². The Balaban J connectivity index is 1.98. The molecule has 2 heterocycles. The van der Waals surface area contributed by atoms with Crippen LogP contribution in [0, 0.1) is 6.92 Å². The molecule has 0 radical (unpaired) electrons. The van der Waals surface area contributed by atoms with Gasteiger partial charge in [-0.05, 0) is 19.9 Å². The maximum atomic E-state index is 13.4. The third-order valence-electron chi connectivity index (χ3n) is 4.52. The summed E-state index contributed by atoms with van der Waals surface area (Å²) >= 11 is 0. The van der Waals surface area contributed by atoms with Crippen molar-refractivity contribution in [3.05, 3.63) is 52.8 Å². The summed E-state index contributed by atoms with van der Waals surface area (Å²) in [7, 11) is 1.55. The molecule has 0 unspecified atom stereocenters. The highest BCUT2D eigenvalue weighted by molar-refractivity contribution is 5.98. The van der Waals surface area contributed by atoms with Crippen LogP contribution in [0.25, 0.3) is 0 Å². The number of methoxy groups -OCH3 is 1. The van der Waals surface area contributed by atoms with Gasteiger partial charge in [0.2, 0.25) is 5.89 Å². The van der Waals surface area contributed by atoms with Gasteiger partial charge in [0.15, 0.2) is 5.82 Å². The Morgan fingerprint density at radius 2 is 2.07 bits per heavy atom. The SMILES string of the molecule is CCN(Cc1noc(C)n1)C(=O)C1=C(C)NC(=O)N[C@@H]1c1ccccc1OC. The van der Waals surface area contributed by atoms with Crippen LogP contribution in [0.4, 0.5) is 4.79 Å². The minimum atomic E-state index is -0.640. The molecule has 1 aromatic heterocycles. The number of likely N-dealkylation sites (N-methyl/N-ethyl adjacent to an activating group) is 1. The van der Waals surface area contributed by atoms with Gasteiger partial charge >= 0.3 is 6.03 Å². The number of benzene rings is 1. The number of aromatic nitrogens is 2. The Morgan fingerprint density at radius 1 is 1.32 bits per heavy atom.